The van der Waals surface area contributed by atoms with Crippen molar-refractivity contribution in [1.82, 2.24) is 0 Å². The monoisotopic (exact) mass is 503 g/mol. The van der Waals surface area contributed by atoms with Crippen LogP contribution in [0.5, 0.6) is 11.5 Å². The third-order valence-electron chi connectivity index (χ3n) is 6.78. The topological polar surface area (TPSA) is 56.8 Å². The van der Waals surface area contributed by atoms with E-state index in [2.05, 4.69) is 29.6 Å². The van der Waals surface area contributed by atoms with E-state index < -0.39 is 0 Å². The van der Waals surface area contributed by atoms with Crippen LogP contribution in [0.25, 0.3) is 0 Å². The van der Waals surface area contributed by atoms with Crippen molar-refractivity contribution >= 4 is 23.3 Å². The Hall–Kier alpha value is -3.44. The van der Waals surface area contributed by atoms with Crippen LogP contribution in [-0.2, 0) is 11.3 Å². The Balaban J connectivity index is 1.41. The van der Waals surface area contributed by atoms with Crippen LogP contribution >= 0.6 is 11.6 Å². The number of rotatable bonds is 8. The molecule has 0 fully saturated rings. The van der Waals surface area contributed by atoms with Crippen LogP contribution in [0.3, 0.4) is 0 Å². The highest BCUT2D eigenvalue weighted by atomic mass is 35.5. The van der Waals surface area contributed by atoms with Crippen molar-refractivity contribution in [2.45, 2.75) is 38.8 Å². The van der Waals surface area contributed by atoms with Gasteiger partial charge in [0.25, 0.3) is 0 Å². The molecule has 1 aliphatic heterocycles. The SMILES string of the molecule is CCOC(=O)c1ccc2c(c1)[C@@H]1C=CC[C@@H]1[C@H](c1ccc(OCc3cccc(Cl)c3)c(OCC)c1)N2. The largest absolute Gasteiger partial charge is 0.490 e. The van der Waals surface area contributed by atoms with Crippen molar-refractivity contribution in [3.63, 3.8) is 0 Å². The summed E-state index contributed by atoms with van der Waals surface area (Å²) in [4.78, 5) is 12.3. The van der Waals surface area contributed by atoms with Crippen LogP contribution < -0.4 is 14.8 Å². The number of fused-ring (bicyclic) bond motifs is 3. The molecule has 1 N–H and O–H groups in total. The van der Waals surface area contributed by atoms with Gasteiger partial charge in [0, 0.05) is 16.6 Å². The first-order valence-electron chi connectivity index (χ1n) is 12.5. The molecule has 186 valence electrons. The van der Waals surface area contributed by atoms with Crippen LogP contribution in [0.4, 0.5) is 5.69 Å². The smallest absolute Gasteiger partial charge is 0.338 e. The molecule has 0 bridgehead atoms. The van der Waals surface area contributed by atoms with Crippen LogP contribution in [-0.4, -0.2) is 19.2 Å². The Kier molecular flexibility index (Phi) is 7.19. The molecule has 1 aliphatic carbocycles. The standard InChI is InChI=1S/C30H30ClNO4/c1-3-34-28-17-20(12-14-27(28)36-18-19-7-5-8-22(31)15-19)29-24-10-6-9-23(24)25-16-21(30(33)35-4-2)11-13-26(25)32-29/h5-9,11-17,23-24,29,32H,3-4,10,18H2,1-2H3/t23-,24+,29+/m1/s1. The maximum atomic E-state index is 12.3. The first-order valence-corrected chi connectivity index (χ1v) is 12.8. The van der Waals surface area contributed by atoms with Crippen LogP contribution in [0, 0.1) is 5.92 Å². The predicted octanol–water partition coefficient (Wildman–Crippen LogP) is 7.32. The lowest BCUT2D eigenvalue weighted by atomic mass is 9.76. The number of anilines is 1. The number of ether oxygens (including phenoxy) is 3. The molecule has 2 aliphatic rings. The summed E-state index contributed by atoms with van der Waals surface area (Å²) >= 11 is 6.12. The molecular weight excluding hydrogens is 474 g/mol. The van der Waals surface area contributed by atoms with E-state index in [1.54, 1.807) is 0 Å². The zero-order chi connectivity index (χ0) is 25.1. The third kappa shape index (κ3) is 4.93. The van der Waals surface area contributed by atoms with Gasteiger partial charge in [0.15, 0.2) is 11.5 Å². The van der Waals surface area contributed by atoms with Crippen molar-refractivity contribution in [2.24, 2.45) is 5.92 Å². The molecule has 0 saturated carbocycles. The minimum atomic E-state index is -0.282. The Morgan fingerprint density at radius 1 is 1.00 bits per heavy atom. The lowest BCUT2D eigenvalue weighted by molar-refractivity contribution is 0.0526. The summed E-state index contributed by atoms with van der Waals surface area (Å²) in [6, 6.07) is 19.7. The number of nitrogens with one attached hydrogen (secondary N) is 1. The summed E-state index contributed by atoms with van der Waals surface area (Å²) in [7, 11) is 0. The second-order valence-electron chi connectivity index (χ2n) is 9.06. The molecule has 6 heteroatoms. The van der Waals surface area contributed by atoms with Gasteiger partial charge in [0.05, 0.1) is 24.8 Å². The van der Waals surface area contributed by atoms with Crippen LogP contribution in [0.1, 0.15) is 59.3 Å². The fraction of sp³-hybridized carbons (Fsp3) is 0.300. The average Bonchev–Trinajstić information content (AvgIpc) is 3.38. The van der Waals surface area contributed by atoms with E-state index in [4.69, 9.17) is 25.8 Å². The van der Waals surface area contributed by atoms with E-state index in [1.807, 2.05) is 62.4 Å². The lowest BCUT2D eigenvalue weighted by Crippen LogP contribution is -2.29. The molecule has 3 atom stereocenters. The molecule has 1 heterocycles. The molecule has 0 aromatic heterocycles. The van der Waals surface area contributed by atoms with Crippen molar-refractivity contribution in [3.05, 3.63) is 100 Å². The predicted molar refractivity (Wildman–Crippen MR) is 142 cm³/mol. The fourth-order valence-corrected chi connectivity index (χ4v) is 5.37. The number of benzene rings is 3. The number of halogens is 1. The van der Waals surface area contributed by atoms with E-state index in [-0.39, 0.29) is 17.9 Å². The number of allylic oxidation sites excluding steroid dienone is 2. The third-order valence-corrected chi connectivity index (χ3v) is 7.02. The van der Waals surface area contributed by atoms with E-state index in [1.165, 1.54) is 0 Å². The van der Waals surface area contributed by atoms with Crippen LogP contribution in [0.15, 0.2) is 72.8 Å². The van der Waals surface area contributed by atoms with Gasteiger partial charge in [0.1, 0.15) is 6.61 Å². The number of hydrogen-bond acceptors (Lipinski definition) is 5. The highest BCUT2D eigenvalue weighted by molar-refractivity contribution is 6.30. The first kappa shape index (κ1) is 24.3. The van der Waals surface area contributed by atoms with Gasteiger partial charge in [-0.1, -0.05) is 42.0 Å². The molecule has 5 nitrogen and oxygen atoms in total. The van der Waals surface area contributed by atoms with Gasteiger partial charge in [-0.15, -0.1) is 0 Å². The first-order chi connectivity index (χ1) is 17.6. The average molecular weight is 504 g/mol. The highest BCUT2D eigenvalue weighted by Crippen LogP contribution is 2.50. The van der Waals surface area contributed by atoms with Crippen molar-refractivity contribution in [3.8, 4) is 11.5 Å². The molecule has 0 radical (unpaired) electrons. The summed E-state index contributed by atoms with van der Waals surface area (Å²) in [5, 5.41) is 4.42. The minimum absolute atomic E-state index is 0.104. The summed E-state index contributed by atoms with van der Waals surface area (Å²) in [5.74, 6) is 1.72. The van der Waals surface area contributed by atoms with Crippen molar-refractivity contribution in [2.75, 3.05) is 18.5 Å². The summed E-state index contributed by atoms with van der Waals surface area (Å²) in [6.07, 6.45) is 5.46. The number of carbonyl (C=O) groups is 1. The fourth-order valence-electron chi connectivity index (χ4n) is 5.16. The molecule has 0 spiro atoms. The Bertz CT molecular complexity index is 1290. The minimum Gasteiger partial charge on any atom is -0.490 e. The molecule has 0 saturated heterocycles. The molecule has 3 aromatic rings. The highest BCUT2D eigenvalue weighted by Gasteiger charge is 2.38. The Morgan fingerprint density at radius 2 is 1.89 bits per heavy atom. The molecule has 36 heavy (non-hydrogen) atoms. The summed E-state index contributed by atoms with van der Waals surface area (Å²) in [6.45, 7) is 5.11. The zero-order valence-electron chi connectivity index (χ0n) is 20.5. The van der Waals surface area contributed by atoms with Gasteiger partial charge < -0.3 is 19.5 Å². The summed E-state index contributed by atoms with van der Waals surface area (Å²) in [5.41, 5.74) is 4.92. The Labute approximate surface area is 217 Å². The molecular formula is C30H30ClNO4. The van der Waals surface area contributed by atoms with Crippen LogP contribution in [0.2, 0.25) is 5.02 Å². The number of esters is 1. The maximum absolute atomic E-state index is 12.3. The molecule has 0 amide bonds. The van der Waals surface area contributed by atoms with E-state index in [0.717, 1.165) is 34.5 Å². The second kappa shape index (κ2) is 10.7. The van der Waals surface area contributed by atoms with E-state index in [0.29, 0.717) is 42.1 Å². The maximum Gasteiger partial charge on any atom is 0.338 e. The normalized spacial score (nSPS) is 19.7. The Morgan fingerprint density at radius 3 is 2.69 bits per heavy atom. The number of hydrogen-bond donors (Lipinski definition) is 1. The lowest BCUT2D eigenvalue weighted by Gasteiger charge is -2.38. The van der Waals surface area contributed by atoms with Gasteiger partial charge in [0.2, 0.25) is 0 Å². The van der Waals surface area contributed by atoms with E-state index >= 15 is 0 Å². The molecule has 5 rings (SSSR count). The quantitative estimate of drug-likeness (QED) is 0.258. The van der Waals surface area contributed by atoms with Gasteiger partial charge in [-0.3, -0.25) is 0 Å². The van der Waals surface area contributed by atoms with Gasteiger partial charge >= 0.3 is 5.97 Å². The number of carbonyl (C=O) groups excluding carboxylic acids is 1. The zero-order valence-corrected chi connectivity index (χ0v) is 21.3. The van der Waals surface area contributed by atoms with E-state index in [9.17, 15) is 4.79 Å². The molecule has 3 aromatic carbocycles. The van der Waals surface area contributed by atoms with Crippen molar-refractivity contribution in [1.29, 1.82) is 0 Å². The summed E-state index contributed by atoms with van der Waals surface area (Å²) < 4.78 is 17.3. The van der Waals surface area contributed by atoms with Crippen molar-refractivity contribution < 1.29 is 19.0 Å². The van der Waals surface area contributed by atoms with Gasteiger partial charge in [-0.2, -0.15) is 0 Å². The van der Waals surface area contributed by atoms with Gasteiger partial charge in [-0.25, -0.2) is 4.79 Å². The van der Waals surface area contributed by atoms with Gasteiger partial charge in [-0.05, 0) is 85.3 Å². The second-order valence-corrected chi connectivity index (χ2v) is 9.49. The molecule has 0 unspecified atom stereocenters.